The molecule has 0 unspecified atom stereocenters. The molecule has 0 atom stereocenters. The number of hydrogen-bond donors (Lipinski definition) is 4. The molecule has 0 fully saturated rings. The van der Waals surface area contributed by atoms with Crippen molar-refractivity contribution in [3.8, 4) is 23.3 Å². The second-order valence-corrected chi connectivity index (χ2v) is 5.16. The zero-order chi connectivity index (χ0) is 15.2. The number of phenolic OH excluding ortho intramolecular Hbond substituents is 2. The van der Waals surface area contributed by atoms with E-state index in [2.05, 4.69) is 17.2 Å². The van der Waals surface area contributed by atoms with Crippen LogP contribution in [0.4, 0.5) is 0 Å². The van der Waals surface area contributed by atoms with Gasteiger partial charge in [0.05, 0.1) is 18.7 Å². The number of carbonyl (C=O) groups is 1. The fourth-order valence-electron chi connectivity index (χ4n) is 1.67. The Kier molecular flexibility index (Phi) is 4.82. The van der Waals surface area contributed by atoms with Crippen LogP contribution in [0.3, 0.4) is 0 Å². The fourth-order valence-corrected chi connectivity index (χ4v) is 2.42. The van der Waals surface area contributed by atoms with Crippen molar-refractivity contribution in [1.29, 1.82) is 0 Å². The van der Waals surface area contributed by atoms with E-state index in [0.717, 1.165) is 10.4 Å². The first-order valence-corrected chi connectivity index (χ1v) is 7.05. The van der Waals surface area contributed by atoms with Crippen LogP contribution in [0.2, 0.25) is 0 Å². The number of hydrogen-bond acceptors (Lipinski definition) is 5. The summed E-state index contributed by atoms with van der Waals surface area (Å²) in [6.45, 7) is 0.627. The van der Waals surface area contributed by atoms with Crippen LogP contribution in [-0.4, -0.2) is 22.7 Å². The van der Waals surface area contributed by atoms with Gasteiger partial charge < -0.3 is 21.3 Å². The number of amides is 1. The summed E-state index contributed by atoms with van der Waals surface area (Å²) >= 11 is 1.47. The van der Waals surface area contributed by atoms with Crippen molar-refractivity contribution in [3.05, 3.63) is 45.6 Å². The molecule has 0 saturated carbocycles. The highest BCUT2D eigenvalue weighted by Crippen LogP contribution is 2.28. The van der Waals surface area contributed by atoms with Crippen molar-refractivity contribution >= 4 is 17.2 Å². The van der Waals surface area contributed by atoms with Crippen LogP contribution in [0.25, 0.3) is 0 Å². The Morgan fingerprint density at radius 2 is 2.19 bits per heavy atom. The summed E-state index contributed by atoms with van der Waals surface area (Å²) in [4.78, 5) is 12.9. The number of thiophene rings is 1. The third kappa shape index (κ3) is 3.75. The molecule has 1 aromatic carbocycles. The van der Waals surface area contributed by atoms with Crippen LogP contribution >= 0.6 is 11.3 Å². The molecule has 1 aromatic heterocycles. The zero-order valence-electron chi connectivity index (χ0n) is 11.1. The lowest BCUT2D eigenvalue weighted by Crippen LogP contribution is -2.22. The number of para-hydroxylation sites is 1. The first kappa shape index (κ1) is 14.9. The van der Waals surface area contributed by atoms with Gasteiger partial charge >= 0.3 is 0 Å². The van der Waals surface area contributed by atoms with Crippen LogP contribution in [0.5, 0.6) is 11.5 Å². The van der Waals surface area contributed by atoms with E-state index in [9.17, 15) is 15.0 Å². The van der Waals surface area contributed by atoms with E-state index < -0.39 is 11.7 Å². The molecule has 108 valence electrons. The Morgan fingerprint density at radius 1 is 1.38 bits per heavy atom. The van der Waals surface area contributed by atoms with Crippen LogP contribution in [0, 0.1) is 11.8 Å². The average molecular weight is 302 g/mol. The molecule has 0 aliphatic heterocycles. The first-order chi connectivity index (χ1) is 10.1. The van der Waals surface area contributed by atoms with Gasteiger partial charge in [0.25, 0.3) is 5.91 Å². The average Bonchev–Trinajstić information content (AvgIpc) is 2.93. The molecule has 2 aromatic rings. The second-order valence-electron chi connectivity index (χ2n) is 4.16. The second kappa shape index (κ2) is 6.79. The Morgan fingerprint density at radius 3 is 2.95 bits per heavy atom. The molecule has 5 N–H and O–H groups in total. The summed E-state index contributed by atoms with van der Waals surface area (Å²) in [7, 11) is 0. The van der Waals surface area contributed by atoms with Gasteiger partial charge in [-0.15, -0.1) is 11.3 Å². The molecule has 21 heavy (non-hydrogen) atoms. The molecule has 0 spiro atoms. The van der Waals surface area contributed by atoms with Crippen molar-refractivity contribution in [2.24, 2.45) is 5.73 Å². The predicted molar refractivity (Wildman–Crippen MR) is 81.2 cm³/mol. The normalized spacial score (nSPS) is 9.76. The van der Waals surface area contributed by atoms with Crippen LogP contribution in [-0.2, 0) is 6.54 Å². The summed E-state index contributed by atoms with van der Waals surface area (Å²) in [6.07, 6.45) is 0. The molecule has 6 heteroatoms. The topological polar surface area (TPSA) is 95.6 Å². The number of phenols is 2. The molecule has 1 amide bonds. The highest BCUT2D eigenvalue weighted by Gasteiger charge is 2.13. The van der Waals surface area contributed by atoms with Crippen molar-refractivity contribution in [2.45, 2.75) is 6.54 Å². The van der Waals surface area contributed by atoms with E-state index in [-0.39, 0.29) is 11.3 Å². The minimum atomic E-state index is -0.452. The third-order valence-electron chi connectivity index (χ3n) is 2.67. The molecule has 0 radical (unpaired) electrons. The van der Waals surface area contributed by atoms with Gasteiger partial charge in [0, 0.05) is 15.8 Å². The van der Waals surface area contributed by atoms with E-state index in [1.165, 1.54) is 29.5 Å². The summed E-state index contributed by atoms with van der Waals surface area (Å²) < 4.78 is 0. The van der Waals surface area contributed by atoms with Crippen molar-refractivity contribution in [2.75, 3.05) is 6.54 Å². The monoisotopic (exact) mass is 302 g/mol. The lowest BCUT2D eigenvalue weighted by molar-refractivity contribution is 0.0948. The summed E-state index contributed by atoms with van der Waals surface area (Å²) in [6, 6.07) is 6.12. The number of aromatic hydroxyl groups is 2. The molecule has 0 aliphatic carbocycles. The van der Waals surface area contributed by atoms with Crippen molar-refractivity contribution in [3.63, 3.8) is 0 Å². The predicted octanol–water partition coefficient (Wildman–Crippen LogP) is 1.40. The molecule has 5 nitrogen and oxygen atoms in total. The van der Waals surface area contributed by atoms with E-state index in [1.54, 1.807) is 0 Å². The van der Waals surface area contributed by atoms with Gasteiger partial charge in [-0.3, -0.25) is 4.79 Å². The van der Waals surface area contributed by atoms with Gasteiger partial charge in [0.15, 0.2) is 11.5 Å². The quantitative estimate of drug-likeness (QED) is 0.509. The largest absolute Gasteiger partial charge is 0.504 e. The summed E-state index contributed by atoms with van der Waals surface area (Å²) in [5, 5.41) is 23.6. The van der Waals surface area contributed by atoms with Crippen LogP contribution < -0.4 is 11.1 Å². The smallest absolute Gasteiger partial charge is 0.255 e. The van der Waals surface area contributed by atoms with E-state index in [0.29, 0.717) is 13.1 Å². The zero-order valence-corrected chi connectivity index (χ0v) is 11.9. The van der Waals surface area contributed by atoms with E-state index in [4.69, 9.17) is 5.73 Å². The maximum absolute atomic E-state index is 11.9. The van der Waals surface area contributed by atoms with E-state index >= 15 is 0 Å². The molecule has 2 rings (SSSR count). The maximum atomic E-state index is 11.9. The minimum absolute atomic E-state index is 0.0368. The molecule has 0 aliphatic rings. The third-order valence-corrected chi connectivity index (χ3v) is 3.61. The molecular weight excluding hydrogens is 288 g/mol. The van der Waals surface area contributed by atoms with Crippen molar-refractivity contribution in [1.82, 2.24) is 5.32 Å². The number of benzene rings is 1. The minimum Gasteiger partial charge on any atom is -0.504 e. The summed E-state index contributed by atoms with van der Waals surface area (Å²) in [5.41, 5.74) is 6.19. The van der Waals surface area contributed by atoms with Gasteiger partial charge in [-0.1, -0.05) is 17.9 Å². The number of nitrogens with two attached hydrogens (primary N) is 1. The Balaban J connectivity index is 2.01. The van der Waals surface area contributed by atoms with Crippen molar-refractivity contribution < 1.29 is 15.0 Å². The standard InChI is InChI=1S/C15H14N2O3S/c16-6-2-3-10-7-11(21-9-10)8-17-15(20)12-4-1-5-13(18)14(12)19/h1,4-5,7,9,18-19H,6,8,16H2,(H,17,20). The highest BCUT2D eigenvalue weighted by atomic mass is 32.1. The Hall–Kier alpha value is -2.49. The van der Waals surface area contributed by atoms with Crippen LogP contribution in [0.1, 0.15) is 20.8 Å². The van der Waals surface area contributed by atoms with E-state index in [1.807, 2.05) is 11.4 Å². The Labute approximate surface area is 126 Å². The van der Waals surface area contributed by atoms with Gasteiger partial charge in [0.2, 0.25) is 0 Å². The SMILES string of the molecule is NCC#Cc1csc(CNC(=O)c2cccc(O)c2O)c1. The van der Waals surface area contributed by atoms with Crippen LogP contribution in [0.15, 0.2) is 29.6 Å². The lowest BCUT2D eigenvalue weighted by Gasteiger charge is -2.06. The number of nitrogens with one attached hydrogen (secondary N) is 1. The summed E-state index contributed by atoms with van der Waals surface area (Å²) in [5.74, 6) is 4.47. The lowest BCUT2D eigenvalue weighted by atomic mass is 10.1. The van der Waals surface area contributed by atoms with Gasteiger partial charge in [-0.2, -0.15) is 0 Å². The molecule has 0 bridgehead atoms. The number of carbonyl (C=O) groups excluding carboxylic acids is 1. The first-order valence-electron chi connectivity index (χ1n) is 6.17. The maximum Gasteiger partial charge on any atom is 0.255 e. The molecule has 0 saturated heterocycles. The molecular formula is C15H14N2O3S. The number of rotatable bonds is 3. The van der Waals surface area contributed by atoms with Gasteiger partial charge in [-0.25, -0.2) is 0 Å². The fraction of sp³-hybridized carbons (Fsp3) is 0.133. The molecule has 1 heterocycles. The van der Waals surface area contributed by atoms with Gasteiger partial charge in [0.1, 0.15) is 0 Å². The van der Waals surface area contributed by atoms with Gasteiger partial charge in [-0.05, 0) is 18.2 Å². The Bertz CT molecular complexity index is 713. The highest BCUT2D eigenvalue weighted by molar-refractivity contribution is 7.10.